The SMILES string of the molecule is O=C1C(NC2CC2)CCN1Cc1ccc([N+](=O)[O-])cc1. The molecule has 1 aliphatic heterocycles. The molecule has 1 saturated carbocycles. The highest BCUT2D eigenvalue weighted by molar-refractivity contribution is 5.84. The highest BCUT2D eigenvalue weighted by Gasteiger charge is 2.35. The molecule has 0 spiro atoms. The molecule has 2 fully saturated rings. The van der Waals surface area contributed by atoms with Gasteiger partial charge in [-0.2, -0.15) is 0 Å². The van der Waals surface area contributed by atoms with E-state index < -0.39 is 4.92 Å². The Bertz CT molecular complexity index is 525. The summed E-state index contributed by atoms with van der Waals surface area (Å²) in [5.74, 6) is 0.148. The van der Waals surface area contributed by atoms with Gasteiger partial charge in [-0.25, -0.2) is 0 Å². The Balaban J connectivity index is 1.60. The zero-order valence-electron chi connectivity index (χ0n) is 11.1. The Morgan fingerprint density at radius 2 is 1.95 bits per heavy atom. The van der Waals surface area contributed by atoms with Crippen molar-refractivity contribution in [2.45, 2.75) is 37.9 Å². The molecule has 6 heteroatoms. The fourth-order valence-electron chi connectivity index (χ4n) is 2.53. The number of nitro groups is 1. The van der Waals surface area contributed by atoms with E-state index >= 15 is 0 Å². The molecule has 3 rings (SSSR count). The van der Waals surface area contributed by atoms with Gasteiger partial charge in [0.05, 0.1) is 11.0 Å². The predicted molar refractivity (Wildman–Crippen MR) is 73.1 cm³/mol. The number of hydrogen-bond acceptors (Lipinski definition) is 4. The zero-order valence-corrected chi connectivity index (χ0v) is 11.1. The Hall–Kier alpha value is -1.95. The summed E-state index contributed by atoms with van der Waals surface area (Å²) < 4.78 is 0. The smallest absolute Gasteiger partial charge is 0.269 e. The van der Waals surface area contributed by atoms with Crippen molar-refractivity contribution in [2.24, 2.45) is 0 Å². The second kappa shape index (κ2) is 5.20. The molecule has 0 aromatic heterocycles. The molecule has 1 aliphatic carbocycles. The van der Waals surface area contributed by atoms with E-state index in [1.807, 2.05) is 4.90 Å². The van der Waals surface area contributed by atoms with Gasteiger partial charge in [-0.15, -0.1) is 0 Å². The van der Waals surface area contributed by atoms with Gasteiger partial charge in [0.1, 0.15) is 0 Å². The van der Waals surface area contributed by atoms with Crippen LogP contribution in [0.15, 0.2) is 24.3 Å². The van der Waals surface area contributed by atoms with Crippen molar-refractivity contribution in [3.8, 4) is 0 Å². The Morgan fingerprint density at radius 1 is 1.25 bits per heavy atom. The molecule has 20 heavy (non-hydrogen) atoms. The first kappa shape index (κ1) is 13.1. The van der Waals surface area contributed by atoms with Gasteiger partial charge < -0.3 is 10.2 Å². The van der Waals surface area contributed by atoms with Crippen LogP contribution in [0.2, 0.25) is 0 Å². The van der Waals surface area contributed by atoms with Crippen LogP contribution in [0.5, 0.6) is 0 Å². The van der Waals surface area contributed by atoms with Crippen LogP contribution in [0, 0.1) is 10.1 Å². The van der Waals surface area contributed by atoms with Crippen molar-refractivity contribution in [3.05, 3.63) is 39.9 Å². The van der Waals surface area contributed by atoms with Gasteiger partial charge in [-0.05, 0) is 24.8 Å². The van der Waals surface area contributed by atoms with Gasteiger partial charge in [0, 0.05) is 31.3 Å². The van der Waals surface area contributed by atoms with Gasteiger partial charge in [0.25, 0.3) is 5.69 Å². The molecule has 0 radical (unpaired) electrons. The minimum Gasteiger partial charge on any atom is -0.337 e. The summed E-state index contributed by atoms with van der Waals surface area (Å²) in [6.45, 7) is 1.28. The number of carbonyl (C=O) groups is 1. The maximum atomic E-state index is 12.2. The Morgan fingerprint density at radius 3 is 2.55 bits per heavy atom. The van der Waals surface area contributed by atoms with E-state index in [0.717, 1.165) is 18.5 Å². The summed E-state index contributed by atoms with van der Waals surface area (Å²) in [6, 6.07) is 6.88. The summed E-state index contributed by atoms with van der Waals surface area (Å²) in [6.07, 6.45) is 3.20. The third-order valence-corrected chi connectivity index (χ3v) is 3.83. The first-order chi connectivity index (χ1) is 9.63. The molecule has 6 nitrogen and oxygen atoms in total. The molecule has 106 valence electrons. The van der Waals surface area contributed by atoms with Crippen LogP contribution in [0.25, 0.3) is 0 Å². The number of nitrogens with one attached hydrogen (secondary N) is 1. The molecule has 2 aliphatic rings. The van der Waals surface area contributed by atoms with Gasteiger partial charge in [0.15, 0.2) is 0 Å². The highest BCUT2D eigenvalue weighted by Crippen LogP contribution is 2.23. The molecule has 1 amide bonds. The average Bonchev–Trinajstić information content (AvgIpc) is 3.19. The van der Waals surface area contributed by atoms with Crippen molar-refractivity contribution in [2.75, 3.05) is 6.54 Å². The van der Waals surface area contributed by atoms with Crippen LogP contribution < -0.4 is 5.32 Å². The number of benzene rings is 1. The Labute approximate surface area is 116 Å². The number of nitro benzene ring substituents is 1. The minimum atomic E-state index is -0.416. The lowest BCUT2D eigenvalue weighted by atomic mass is 10.2. The largest absolute Gasteiger partial charge is 0.337 e. The molecule has 1 aromatic rings. The van der Waals surface area contributed by atoms with Crippen molar-refractivity contribution in [3.63, 3.8) is 0 Å². The van der Waals surface area contributed by atoms with Crippen LogP contribution in [-0.4, -0.2) is 34.4 Å². The Kier molecular flexibility index (Phi) is 3.40. The predicted octanol–water partition coefficient (Wildman–Crippen LogP) is 1.45. The van der Waals surface area contributed by atoms with Crippen molar-refractivity contribution < 1.29 is 9.72 Å². The van der Waals surface area contributed by atoms with E-state index in [9.17, 15) is 14.9 Å². The van der Waals surface area contributed by atoms with Crippen LogP contribution in [0.1, 0.15) is 24.8 Å². The van der Waals surface area contributed by atoms with Crippen molar-refractivity contribution >= 4 is 11.6 Å². The van der Waals surface area contributed by atoms with E-state index in [2.05, 4.69) is 5.32 Å². The maximum Gasteiger partial charge on any atom is 0.269 e. The fourth-order valence-corrected chi connectivity index (χ4v) is 2.53. The lowest BCUT2D eigenvalue weighted by molar-refractivity contribution is -0.384. The number of hydrogen-bond donors (Lipinski definition) is 1. The number of rotatable bonds is 5. The number of amides is 1. The van der Waals surface area contributed by atoms with Crippen LogP contribution in [0.4, 0.5) is 5.69 Å². The molecule has 1 unspecified atom stereocenters. The minimum absolute atomic E-state index is 0.0412. The average molecular weight is 275 g/mol. The molecule has 1 heterocycles. The van der Waals surface area contributed by atoms with Gasteiger partial charge in [0.2, 0.25) is 5.91 Å². The van der Waals surface area contributed by atoms with Crippen molar-refractivity contribution in [1.29, 1.82) is 0 Å². The van der Waals surface area contributed by atoms with E-state index in [1.165, 1.54) is 25.0 Å². The number of nitrogens with zero attached hydrogens (tertiary/aromatic N) is 2. The highest BCUT2D eigenvalue weighted by atomic mass is 16.6. The van der Waals surface area contributed by atoms with Crippen LogP contribution in [0.3, 0.4) is 0 Å². The van der Waals surface area contributed by atoms with Crippen molar-refractivity contribution in [1.82, 2.24) is 10.2 Å². The third-order valence-electron chi connectivity index (χ3n) is 3.83. The number of non-ortho nitro benzene ring substituents is 1. The fraction of sp³-hybridized carbons (Fsp3) is 0.500. The van der Waals surface area contributed by atoms with E-state index in [-0.39, 0.29) is 17.6 Å². The summed E-state index contributed by atoms with van der Waals surface area (Å²) in [5, 5.41) is 14.0. The maximum absolute atomic E-state index is 12.2. The molecule has 1 atom stereocenters. The summed E-state index contributed by atoms with van der Waals surface area (Å²) >= 11 is 0. The third kappa shape index (κ3) is 2.80. The molecule has 1 aromatic carbocycles. The van der Waals surface area contributed by atoms with E-state index in [1.54, 1.807) is 12.1 Å². The molecule has 1 saturated heterocycles. The first-order valence-corrected chi connectivity index (χ1v) is 6.91. The topological polar surface area (TPSA) is 75.5 Å². The summed E-state index contributed by atoms with van der Waals surface area (Å²) in [4.78, 5) is 24.2. The summed E-state index contributed by atoms with van der Waals surface area (Å²) in [7, 11) is 0. The van der Waals surface area contributed by atoms with E-state index in [0.29, 0.717) is 12.6 Å². The van der Waals surface area contributed by atoms with Gasteiger partial charge >= 0.3 is 0 Å². The normalized spacial score (nSPS) is 22.3. The monoisotopic (exact) mass is 275 g/mol. The number of likely N-dealkylation sites (tertiary alicyclic amines) is 1. The quantitative estimate of drug-likeness (QED) is 0.652. The first-order valence-electron chi connectivity index (χ1n) is 6.91. The van der Waals surface area contributed by atoms with Crippen LogP contribution in [-0.2, 0) is 11.3 Å². The second-order valence-electron chi connectivity index (χ2n) is 5.47. The standard InChI is InChI=1S/C14H17N3O3/c18-14-13(15-11-3-4-11)7-8-16(14)9-10-1-5-12(6-2-10)17(19)20/h1-2,5-6,11,13,15H,3-4,7-9H2. The lowest BCUT2D eigenvalue weighted by Crippen LogP contribution is -2.39. The van der Waals surface area contributed by atoms with Crippen LogP contribution >= 0.6 is 0 Å². The van der Waals surface area contributed by atoms with E-state index in [4.69, 9.17) is 0 Å². The lowest BCUT2D eigenvalue weighted by Gasteiger charge is -2.17. The molecule has 0 bridgehead atoms. The molecule has 1 N–H and O–H groups in total. The van der Waals surface area contributed by atoms with Gasteiger partial charge in [-0.3, -0.25) is 14.9 Å². The summed E-state index contributed by atoms with van der Waals surface area (Å²) in [5.41, 5.74) is 1.01. The molecular weight excluding hydrogens is 258 g/mol. The number of carbonyl (C=O) groups excluding carboxylic acids is 1. The second-order valence-corrected chi connectivity index (χ2v) is 5.47. The zero-order chi connectivity index (χ0) is 14.1. The molecular formula is C14H17N3O3. The van der Waals surface area contributed by atoms with Gasteiger partial charge in [-0.1, -0.05) is 12.1 Å².